The lowest BCUT2D eigenvalue weighted by atomic mass is 10.00. The highest BCUT2D eigenvalue weighted by Gasteiger charge is 2.38. The van der Waals surface area contributed by atoms with Gasteiger partial charge in [-0.05, 0) is 32.0 Å². The van der Waals surface area contributed by atoms with Gasteiger partial charge in [-0.3, -0.25) is 4.79 Å². The van der Waals surface area contributed by atoms with Gasteiger partial charge in [0.05, 0.1) is 24.9 Å². The fourth-order valence-corrected chi connectivity index (χ4v) is 5.56. The molecule has 0 saturated heterocycles. The number of benzene rings is 2. The van der Waals surface area contributed by atoms with Crippen LogP contribution >= 0.6 is 11.8 Å². The summed E-state index contributed by atoms with van der Waals surface area (Å²) in [5, 5.41) is 0.519. The van der Waals surface area contributed by atoms with Crippen molar-refractivity contribution in [2.75, 3.05) is 26.9 Å². The molecule has 0 spiro atoms. The third kappa shape index (κ3) is 3.10. The van der Waals surface area contributed by atoms with Gasteiger partial charge in [-0.2, -0.15) is 0 Å². The van der Waals surface area contributed by atoms with Crippen LogP contribution in [0.3, 0.4) is 0 Å². The number of alkyl halides is 1. The second-order valence-electron chi connectivity index (χ2n) is 6.96. The van der Waals surface area contributed by atoms with E-state index in [9.17, 15) is 9.18 Å². The maximum Gasteiger partial charge on any atom is 0.240 e. The molecule has 0 aliphatic carbocycles. The Balaban J connectivity index is 2.08. The number of aryl methyl sites for hydroxylation is 1. The number of rotatable bonds is 6. The molecule has 2 heterocycles. The van der Waals surface area contributed by atoms with Crippen LogP contribution in [0.15, 0.2) is 47.4 Å². The standard InChI is InChI=1S/C23H25FN2O2S/c1-4-25(5-2)23(27)22-20-19-16(10-8-11-17(19)28-3)26(14-13-24)21(20)15-9-6-7-12-18(15)29-22/h6-12,22H,4-5,13-14H2,1-3H3/i24-1. The molecule has 0 saturated carbocycles. The SMILES string of the molecule is CCN(CC)C(=O)C1Sc2ccccc2-c2c1c1c(OC)cccc1n2CC[18F]. The molecule has 152 valence electrons. The molecule has 29 heavy (non-hydrogen) atoms. The van der Waals surface area contributed by atoms with Crippen LogP contribution in [0.5, 0.6) is 5.75 Å². The smallest absolute Gasteiger partial charge is 0.240 e. The molecule has 0 radical (unpaired) electrons. The molecule has 4 rings (SSSR count). The molecule has 4 nitrogen and oxygen atoms in total. The number of thioether (sulfide) groups is 1. The summed E-state index contributed by atoms with van der Waals surface area (Å²) in [6.45, 7) is 5.07. The van der Waals surface area contributed by atoms with E-state index in [1.165, 1.54) is 0 Å². The van der Waals surface area contributed by atoms with E-state index in [1.54, 1.807) is 18.9 Å². The predicted molar refractivity (Wildman–Crippen MR) is 116 cm³/mol. The molecule has 1 unspecified atom stereocenters. The van der Waals surface area contributed by atoms with E-state index in [-0.39, 0.29) is 17.7 Å². The third-order valence-electron chi connectivity index (χ3n) is 5.57. The molecule has 0 bridgehead atoms. The summed E-state index contributed by atoms with van der Waals surface area (Å²) >= 11 is 1.58. The number of carbonyl (C=O) groups is 1. The van der Waals surface area contributed by atoms with E-state index in [2.05, 4.69) is 6.07 Å². The first-order valence-corrected chi connectivity index (χ1v) is 10.8. The number of fused-ring (bicyclic) bond motifs is 5. The lowest BCUT2D eigenvalue weighted by Crippen LogP contribution is -2.34. The van der Waals surface area contributed by atoms with Gasteiger partial charge in [-0.1, -0.05) is 24.3 Å². The Bertz CT molecular complexity index is 1060. The van der Waals surface area contributed by atoms with Crippen LogP contribution in [0.1, 0.15) is 24.7 Å². The molecule has 0 fully saturated rings. The highest BCUT2D eigenvalue weighted by atomic mass is 32.2. The Kier molecular flexibility index (Phi) is 5.54. The van der Waals surface area contributed by atoms with Crippen molar-refractivity contribution >= 4 is 28.6 Å². The molecule has 6 heteroatoms. The number of halogens is 1. The van der Waals surface area contributed by atoms with Crippen molar-refractivity contribution in [1.29, 1.82) is 0 Å². The van der Waals surface area contributed by atoms with Crippen LogP contribution < -0.4 is 4.74 Å². The number of likely N-dealkylation sites (N-methyl/N-ethyl adjacent to an activating group) is 1. The molecule has 1 aliphatic rings. The van der Waals surface area contributed by atoms with Gasteiger partial charge >= 0.3 is 0 Å². The van der Waals surface area contributed by atoms with E-state index < -0.39 is 6.67 Å². The van der Waals surface area contributed by atoms with Gasteiger partial charge in [0.1, 0.15) is 17.7 Å². The average Bonchev–Trinajstić information content (AvgIpc) is 3.09. The maximum absolute atomic E-state index is 13.6. The summed E-state index contributed by atoms with van der Waals surface area (Å²) in [5.41, 5.74) is 3.82. The molecule has 0 N–H and O–H groups in total. The minimum atomic E-state index is -0.475. The molecule has 3 aromatic rings. The first-order chi connectivity index (χ1) is 14.2. The Morgan fingerprint density at radius 3 is 2.62 bits per heavy atom. The Morgan fingerprint density at radius 1 is 1.17 bits per heavy atom. The molecule has 1 aliphatic heterocycles. The molecule has 2 aromatic carbocycles. The van der Waals surface area contributed by atoms with Crippen LogP contribution in [0.4, 0.5) is 4.39 Å². The van der Waals surface area contributed by atoms with E-state index in [1.807, 2.05) is 59.7 Å². The molecular formula is C23H25FN2O2S. The fraction of sp³-hybridized carbons (Fsp3) is 0.348. The summed E-state index contributed by atoms with van der Waals surface area (Å²) < 4.78 is 21.3. The van der Waals surface area contributed by atoms with Crippen molar-refractivity contribution in [1.82, 2.24) is 9.47 Å². The fourth-order valence-electron chi connectivity index (χ4n) is 4.26. The van der Waals surface area contributed by atoms with E-state index in [0.29, 0.717) is 18.8 Å². The summed E-state index contributed by atoms with van der Waals surface area (Å²) in [6.07, 6.45) is 0. The highest BCUT2D eigenvalue weighted by molar-refractivity contribution is 8.00. The van der Waals surface area contributed by atoms with Gasteiger partial charge in [-0.25, -0.2) is 4.39 Å². The Morgan fingerprint density at radius 2 is 1.93 bits per heavy atom. The lowest BCUT2D eigenvalue weighted by molar-refractivity contribution is -0.130. The number of aromatic nitrogens is 1. The summed E-state index contributed by atoms with van der Waals surface area (Å²) in [7, 11) is 1.64. The van der Waals surface area contributed by atoms with Crippen LogP contribution in [0, 0.1) is 0 Å². The molecular weight excluding hydrogens is 386 g/mol. The first-order valence-electron chi connectivity index (χ1n) is 9.96. The molecule has 1 amide bonds. The monoisotopic (exact) mass is 411 g/mol. The van der Waals surface area contributed by atoms with Crippen molar-refractivity contribution in [3.05, 3.63) is 48.0 Å². The van der Waals surface area contributed by atoms with Gasteiger partial charge in [0.15, 0.2) is 0 Å². The number of hydrogen-bond donors (Lipinski definition) is 0. The maximum atomic E-state index is 13.6. The average molecular weight is 412 g/mol. The van der Waals surface area contributed by atoms with Crippen molar-refractivity contribution in [2.45, 2.75) is 30.5 Å². The lowest BCUT2D eigenvalue weighted by Gasteiger charge is -2.30. The van der Waals surface area contributed by atoms with Gasteiger partial charge in [0.2, 0.25) is 5.91 Å². The number of amides is 1. The van der Waals surface area contributed by atoms with Crippen LogP contribution in [0.2, 0.25) is 0 Å². The van der Waals surface area contributed by atoms with Gasteiger partial charge in [0, 0.05) is 34.5 Å². The van der Waals surface area contributed by atoms with E-state index >= 15 is 0 Å². The second kappa shape index (κ2) is 8.11. The number of hydrogen-bond acceptors (Lipinski definition) is 3. The van der Waals surface area contributed by atoms with Crippen molar-refractivity contribution in [3.8, 4) is 17.0 Å². The van der Waals surface area contributed by atoms with Crippen LogP contribution in [0.25, 0.3) is 22.2 Å². The van der Waals surface area contributed by atoms with Crippen molar-refractivity contribution in [2.24, 2.45) is 0 Å². The zero-order chi connectivity index (χ0) is 20.5. The van der Waals surface area contributed by atoms with Gasteiger partial charge in [-0.15, -0.1) is 11.8 Å². The number of carbonyl (C=O) groups excluding carboxylic acids is 1. The van der Waals surface area contributed by atoms with E-state index in [4.69, 9.17) is 4.74 Å². The third-order valence-corrected chi connectivity index (χ3v) is 6.85. The van der Waals surface area contributed by atoms with Crippen molar-refractivity contribution in [3.63, 3.8) is 0 Å². The van der Waals surface area contributed by atoms with Crippen LogP contribution in [-0.4, -0.2) is 42.2 Å². The quantitative estimate of drug-likeness (QED) is 0.552. The summed E-state index contributed by atoms with van der Waals surface area (Å²) in [6, 6.07) is 13.9. The zero-order valence-corrected chi connectivity index (χ0v) is 17.8. The van der Waals surface area contributed by atoms with Gasteiger partial charge in [0.25, 0.3) is 0 Å². The second-order valence-corrected chi connectivity index (χ2v) is 8.11. The topological polar surface area (TPSA) is 34.5 Å². The predicted octanol–water partition coefficient (Wildman–Crippen LogP) is 5.30. The van der Waals surface area contributed by atoms with E-state index in [0.717, 1.165) is 32.6 Å². The van der Waals surface area contributed by atoms with Crippen molar-refractivity contribution < 1.29 is 13.9 Å². The number of nitrogens with zero attached hydrogens (tertiary/aromatic N) is 2. The van der Waals surface area contributed by atoms with Crippen LogP contribution in [-0.2, 0) is 11.3 Å². The number of ether oxygens (including phenoxy) is 1. The first kappa shape index (κ1) is 19.8. The summed E-state index contributed by atoms with van der Waals surface area (Å²) in [5.74, 6) is 0.801. The number of methoxy groups -OCH3 is 1. The molecule has 1 atom stereocenters. The minimum Gasteiger partial charge on any atom is -0.496 e. The highest BCUT2D eigenvalue weighted by Crippen LogP contribution is 2.54. The van der Waals surface area contributed by atoms with Gasteiger partial charge < -0.3 is 14.2 Å². The normalized spacial score (nSPS) is 15.1. The largest absolute Gasteiger partial charge is 0.496 e. The Hall–Kier alpha value is -2.47. The zero-order valence-electron chi connectivity index (χ0n) is 16.9. The minimum absolute atomic E-state index is 0.0842. The Labute approximate surface area is 174 Å². The summed E-state index contributed by atoms with van der Waals surface area (Å²) in [4.78, 5) is 16.4. The molecule has 1 aromatic heterocycles.